The van der Waals surface area contributed by atoms with Crippen LogP contribution in [0.25, 0.3) is 0 Å². The van der Waals surface area contributed by atoms with E-state index in [1.165, 1.54) is 24.3 Å². The van der Waals surface area contributed by atoms with Crippen molar-refractivity contribution in [3.63, 3.8) is 0 Å². The first kappa shape index (κ1) is 22.0. The average Bonchev–Trinajstić information content (AvgIpc) is 2.73. The number of piperazine rings is 1. The van der Waals surface area contributed by atoms with E-state index < -0.39 is 22.7 Å². The van der Waals surface area contributed by atoms with Crippen LogP contribution in [0.5, 0.6) is 0 Å². The molecule has 7 nitrogen and oxygen atoms in total. The number of likely N-dealkylation sites (N-methyl/N-ethyl adjacent to an activating group) is 1. The Bertz CT molecular complexity index is 948. The number of nitro groups is 1. The molecule has 0 aromatic heterocycles. The lowest BCUT2D eigenvalue weighted by Crippen LogP contribution is -2.46. The molecular formula is C21H24ClFN4O3. The fourth-order valence-corrected chi connectivity index (χ4v) is 3.82. The van der Waals surface area contributed by atoms with Gasteiger partial charge in [-0.3, -0.25) is 14.9 Å². The van der Waals surface area contributed by atoms with E-state index in [1.807, 2.05) is 0 Å². The molecule has 1 unspecified atom stereocenters. The van der Waals surface area contributed by atoms with Crippen LogP contribution < -0.4 is 10.2 Å². The number of hydrogen-bond acceptors (Lipinski definition) is 5. The van der Waals surface area contributed by atoms with Crippen LogP contribution >= 0.6 is 11.6 Å². The predicted molar refractivity (Wildman–Crippen MR) is 115 cm³/mol. The molecule has 1 heterocycles. The number of benzene rings is 2. The molecule has 1 N–H and O–H groups in total. The van der Waals surface area contributed by atoms with E-state index in [0.29, 0.717) is 5.56 Å². The normalized spacial score (nSPS) is 15.7. The molecule has 0 aliphatic carbocycles. The van der Waals surface area contributed by atoms with Gasteiger partial charge < -0.3 is 15.1 Å². The number of rotatable bonds is 6. The topological polar surface area (TPSA) is 78.7 Å². The van der Waals surface area contributed by atoms with Gasteiger partial charge in [0.1, 0.15) is 5.82 Å². The van der Waals surface area contributed by atoms with Crippen molar-refractivity contribution < 1.29 is 14.1 Å². The summed E-state index contributed by atoms with van der Waals surface area (Å²) in [6, 6.07) is 7.74. The summed E-state index contributed by atoms with van der Waals surface area (Å²) in [4.78, 5) is 27.7. The van der Waals surface area contributed by atoms with E-state index in [9.17, 15) is 19.3 Å². The molecule has 9 heteroatoms. The van der Waals surface area contributed by atoms with E-state index in [4.69, 9.17) is 11.6 Å². The molecule has 1 fully saturated rings. The van der Waals surface area contributed by atoms with E-state index >= 15 is 0 Å². The summed E-state index contributed by atoms with van der Waals surface area (Å²) in [7, 11) is 0. The summed E-state index contributed by atoms with van der Waals surface area (Å²) in [5, 5.41) is 13.9. The lowest BCUT2D eigenvalue weighted by molar-refractivity contribution is -0.384. The third-order valence-corrected chi connectivity index (χ3v) is 5.70. The molecule has 2 aromatic carbocycles. The number of halogens is 2. The number of amides is 1. The maximum absolute atomic E-state index is 14.0. The van der Waals surface area contributed by atoms with Gasteiger partial charge in [-0.1, -0.05) is 18.5 Å². The quantitative estimate of drug-likeness (QED) is 0.548. The predicted octanol–water partition coefficient (Wildman–Crippen LogP) is 4.02. The van der Waals surface area contributed by atoms with Crippen LogP contribution in [0.4, 0.5) is 15.8 Å². The Morgan fingerprint density at radius 1 is 1.23 bits per heavy atom. The van der Waals surface area contributed by atoms with Crippen molar-refractivity contribution in [1.82, 2.24) is 10.2 Å². The van der Waals surface area contributed by atoms with Gasteiger partial charge in [0, 0.05) is 49.6 Å². The largest absolute Gasteiger partial charge is 0.369 e. The Morgan fingerprint density at radius 2 is 1.93 bits per heavy atom. The van der Waals surface area contributed by atoms with Crippen molar-refractivity contribution in [1.29, 1.82) is 0 Å². The second kappa shape index (κ2) is 9.40. The van der Waals surface area contributed by atoms with Gasteiger partial charge in [-0.2, -0.15) is 0 Å². The Hall–Kier alpha value is -2.71. The molecular weight excluding hydrogens is 411 g/mol. The minimum atomic E-state index is -0.586. The van der Waals surface area contributed by atoms with Gasteiger partial charge in [0.05, 0.1) is 21.6 Å². The van der Waals surface area contributed by atoms with Gasteiger partial charge in [0.15, 0.2) is 0 Å². The molecule has 1 saturated heterocycles. The van der Waals surface area contributed by atoms with Crippen molar-refractivity contribution in [2.24, 2.45) is 0 Å². The Morgan fingerprint density at radius 3 is 2.57 bits per heavy atom. The molecule has 2 aromatic rings. The van der Waals surface area contributed by atoms with Crippen LogP contribution in [0.15, 0.2) is 36.4 Å². The zero-order chi connectivity index (χ0) is 21.8. The number of anilines is 1. The number of nitrogens with one attached hydrogen (secondary N) is 1. The van der Waals surface area contributed by atoms with Crippen molar-refractivity contribution in [3.05, 3.63) is 68.5 Å². The number of non-ortho nitro benzene ring substituents is 1. The Kier molecular flexibility index (Phi) is 6.89. The van der Waals surface area contributed by atoms with Crippen molar-refractivity contribution in [2.45, 2.75) is 19.9 Å². The SMILES string of the molecule is CCN1CCN(c2ccc(F)cc2C(C)NC(=O)c2cc([N+](=O)[O-])ccc2Cl)CC1. The maximum Gasteiger partial charge on any atom is 0.270 e. The van der Waals surface area contributed by atoms with Gasteiger partial charge >= 0.3 is 0 Å². The first-order chi connectivity index (χ1) is 14.3. The molecule has 1 atom stereocenters. The molecule has 0 radical (unpaired) electrons. The zero-order valence-corrected chi connectivity index (χ0v) is 17.7. The molecule has 0 saturated carbocycles. The summed E-state index contributed by atoms with van der Waals surface area (Å²) < 4.78 is 14.0. The monoisotopic (exact) mass is 434 g/mol. The molecule has 0 bridgehead atoms. The third-order valence-electron chi connectivity index (χ3n) is 5.37. The zero-order valence-electron chi connectivity index (χ0n) is 16.9. The molecule has 1 aliphatic rings. The highest BCUT2D eigenvalue weighted by atomic mass is 35.5. The van der Waals surface area contributed by atoms with Crippen molar-refractivity contribution in [3.8, 4) is 0 Å². The van der Waals surface area contributed by atoms with Gasteiger partial charge in [-0.25, -0.2) is 4.39 Å². The Balaban J connectivity index is 1.82. The average molecular weight is 435 g/mol. The molecule has 3 rings (SSSR count). The summed E-state index contributed by atoms with van der Waals surface area (Å²) in [6.07, 6.45) is 0. The minimum absolute atomic E-state index is 0.00669. The molecule has 160 valence electrons. The summed E-state index contributed by atoms with van der Waals surface area (Å²) in [6.45, 7) is 8.31. The van der Waals surface area contributed by atoms with E-state index in [0.717, 1.165) is 44.5 Å². The van der Waals surface area contributed by atoms with Gasteiger partial charge in [0.2, 0.25) is 0 Å². The minimum Gasteiger partial charge on any atom is -0.369 e. The first-order valence-electron chi connectivity index (χ1n) is 9.81. The Labute approximate surface area is 179 Å². The van der Waals surface area contributed by atoms with Crippen LogP contribution in [0.3, 0.4) is 0 Å². The van der Waals surface area contributed by atoms with Crippen LogP contribution in [0.1, 0.15) is 35.8 Å². The molecule has 1 aliphatic heterocycles. The van der Waals surface area contributed by atoms with Crippen molar-refractivity contribution >= 4 is 28.9 Å². The van der Waals surface area contributed by atoms with E-state index in [-0.39, 0.29) is 16.3 Å². The van der Waals surface area contributed by atoms with Crippen LogP contribution in [0.2, 0.25) is 5.02 Å². The lowest BCUT2D eigenvalue weighted by Gasteiger charge is -2.37. The summed E-state index contributed by atoms with van der Waals surface area (Å²) >= 11 is 6.07. The highest BCUT2D eigenvalue weighted by Crippen LogP contribution is 2.29. The number of carbonyl (C=O) groups is 1. The molecule has 30 heavy (non-hydrogen) atoms. The van der Waals surface area contributed by atoms with Crippen LogP contribution in [-0.2, 0) is 0 Å². The van der Waals surface area contributed by atoms with E-state index in [1.54, 1.807) is 13.0 Å². The standard InChI is InChI=1S/C21H24ClFN4O3/c1-3-25-8-10-26(11-9-25)20-7-4-15(23)12-17(20)14(2)24-21(28)18-13-16(27(29)30)5-6-19(18)22/h4-7,12-14H,3,8-11H2,1-2H3,(H,24,28). The van der Waals surface area contributed by atoms with Gasteiger partial charge in [-0.15, -0.1) is 0 Å². The summed E-state index contributed by atoms with van der Waals surface area (Å²) in [5.74, 6) is -0.947. The fourth-order valence-electron chi connectivity index (χ4n) is 3.62. The highest BCUT2D eigenvalue weighted by molar-refractivity contribution is 6.34. The number of nitrogens with zero attached hydrogens (tertiary/aromatic N) is 3. The second-order valence-electron chi connectivity index (χ2n) is 7.24. The number of carbonyl (C=O) groups excluding carboxylic acids is 1. The van der Waals surface area contributed by atoms with E-state index in [2.05, 4.69) is 22.0 Å². The second-order valence-corrected chi connectivity index (χ2v) is 7.65. The fraction of sp³-hybridized carbons (Fsp3) is 0.381. The highest BCUT2D eigenvalue weighted by Gasteiger charge is 2.23. The van der Waals surface area contributed by atoms with Crippen LogP contribution in [-0.4, -0.2) is 48.5 Å². The maximum atomic E-state index is 14.0. The van der Waals surface area contributed by atoms with Crippen LogP contribution in [0, 0.1) is 15.9 Å². The smallest absolute Gasteiger partial charge is 0.270 e. The lowest BCUT2D eigenvalue weighted by atomic mass is 10.0. The number of hydrogen-bond donors (Lipinski definition) is 1. The first-order valence-corrected chi connectivity index (χ1v) is 10.2. The number of nitro benzene ring substituents is 1. The van der Waals surface area contributed by atoms with Crippen molar-refractivity contribution in [2.75, 3.05) is 37.6 Å². The van der Waals surface area contributed by atoms with Gasteiger partial charge in [-0.05, 0) is 37.7 Å². The third kappa shape index (κ3) is 4.88. The van der Waals surface area contributed by atoms with Gasteiger partial charge in [0.25, 0.3) is 11.6 Å². The molecule has 1 amide bonds. The summed E-state index contributed by atoms with van der Waals surface area (Å²) in [5.41, 5.74) is 1.30. The molecule has 0 spiro atoms.